The predicted molar refractivity (Wildman–Crippen MR) is 111 cm³/mol. The van der Waals surface area contributed by atoms with Crippen LogP contribution in [0.2, 0.25) is 0 Å². The van der Waals surface area contributed by atoms with Crippen molar-refractivity contribution >= 4 is 21.3 Å². The molecule has 0 radical (unpaired) electrons. The van der Waals surface area contributed by atoms with Crippen LogP contribution < -0.4 is 0 Å². The fraction of sp³-hybridized carbons (Fsp3) is 0.130. The first kappa shape index (κ1) is 21.8. The second-order valence-corrected chi connectivity index (χ2v) is 9.16. The number of alkyl halides is 3. The number of ketones is 1. The summed E-state index contributed by atoms with van der Waals surface area (Å²) < 4.78 is 66.1. The van der Waals surface area contributed by atoms with Crippen LogP contribution in [0, 0.1) is 0 Å². The summed E-state index contributed by atoms with van der Waals surface area (Å²) in [4.78, 5) is 16.0. The minimum Gasteiger partial charge on any atom is -0.307 e. The zero-order valence-electron chi connectivity index (χ0n) is 16.6. The number of nitrogens with zero attached hydrogens (tertiary/aromatic N) is 2. The molecule has 0 bridgehead atoms. The molecule has 32 heavy (non-hydrogen) atoms. The van der Waals surface area contributed by atoms with Crippen molar-refractivity contribution in [3.63, 3.8) is 0 Å². The molecule has 0 aliphatic rings. The smallest absolute Gasteiger partial charge is 0.307 e. The van der Waals surface area contributed by atoms with Crippen LogP contribution >= 0.6 is 0 Å². The number of sulfone groups is 1. The number of fused-ring (bicyclic) bond motifs is 1. The van der Waals surface area contributed by atoms with E-state index >= 15 is 0 Å². The van der Waals surface area contributed by atoms with Crippen molar-refractivity contribution in [2.24, 2.45) is 0 Å². The SMILES string of the molecule is O=C(CCc1ccc2nccn2c1)c1ccc(S(=O)(=O)c2cccc(C(F)(F)F)c2)cc1. The van der Waals surface area contributed by atoms with Gasteiger partial charge in [-0.05, 0) is 48.4 Å². The van der Waals surface area contributed by atoms with E-state index in [9.17, 15) is 26.4 Å². The van der Waals surface area contributed by atoms with E-state index in [2.05, 4.69) is 4.98 Å². The lowest BCUT2D eigenvalue weighted by atomic mass is 10.0. The van der Waals surface area contributed by atoms with Crippen LogP contribution in [0.4, 0.5) is 13.2 Å². The normalized spacial score (nSPS) is 12.2. The summed E-state index contributed by atoms with van der Waals surface area (Å²) in [6.07, 6.45) is 1.45. The van der Waals surface area contributed by atoms with Crippen LogP contribution in [-0.2, 0) is 22.4 Å². The standard InChI is InChI=1S/C23H17F3N2O3S/c24-23(25,26)18-2-1-3-20(14-18)32(30,31)19-8-6-17(7-9-19)21(29)10-4-16-5-11-22-27-12-13-28(22)15-16/h1-3,5-9,11-15H,4,10H2. The Hall–Kier alpha value is -3.46. The molecule has 0 saturated carbocycles. The molecule has 0 N–H and O–H groups in total. The zero-order valence-corrected chi connectivity index (χ0v) is 17.4. The van der Waals surface area contributed by atoms with Gasteiger partial charge in [-0.2, -0.15) is 13.2 Å². The van der Waals surface area contributed by atoms with Crippen LogP contribution in [0.5, 0.6) is 0 Å². The topological polar surface area (TPSA) is 68.5 Å². The van der Waals surface area contributed by atoms with E-state index in [1.54, 1.807) is 6.20 Å². The molecule has 164 valence electrons. The molecular weight excluding hydrogens is 441 g/mol. The average Bonchev–Trinajstić information content (AvgIpc) is 3.25. The first-order chi connectivity index (χ1) is 15.1. The molecule has 4 rings (SSSR count). The van der Waals surface area contributed by atoms with Crippen molar-refractivity contribution < 1.29 is 26.4 Å². The van der Waals surface area contributed by atoms with Crippen LogP contribution in [0.25, 0.3) is 5.65 Å². The van der Waals surface area contributed by atoms with Gasteiger partial charge in [0.2, 0.25) is 9.84 Å². The summed E-state index contributed by atoms with van der Waals surface area (Å²) in [7, 11) is -4.15. The van der Waals surface area contributed by atoms with E-state index in [0.717, 1.165) is 29.4 Å². The second-order valence-electron chi connectivity index (χ2n) is 7.21. The Labute approximate surface area is 182 Å². The van der Waals surface area contributed by atoms with Gasteiger partial charge in [-0.3, -0.25) is 4.79 Å². The Bertz CT molecular complexity index is 1390. The highest BCUT2D eigenvalue weighted by Crippen LogP contribution is 2.32. The number of halogens is 3. The molecule has 0 aliphatic carbocycles. The predicted octanol–water partition coefficient (Wildman–Crippen LogP) is 5.00. The lowest BCUT2D eigenvalue weighted by Gasteiger charge is -2.10. The Kier molecular flexibility index (Phi) is 5.60. The molecule has 2 aromatic heterocycles. The maximum atomic E-state index is 12.9. The van der Waals surface area contributed by atoms with Crippen molar-refractivity contribution in [2.75, 3.05) is 0 Å². The third-order valence-electron chi connectivity index (χ3n) is 5.05. The van der Waals surface area contributed by atoms with Gasteiger partial charge in [0.25, 0.3) is 0 Å². The van der Waals surface area contributed by atoms with E-state index < -0.39 is 26.5 Å². The van der Waals surface area contributed by atoms with Gasteiger partial charge in [0, 0.05) is 30.6 Å². The van der Waals surface area contributed by atoms with E-state index in [0.29, 0.717) is 18.1 Å². The van der Waals surface area contributed by atoms with Crippen LogP contribution in [0.1, 0.15) is 27.9 Å². The molecule has 5 nitrogen and oxygen atoms in total. The first-order valence-corrected chi connectivity index (χ1v) is 11.1. The van der Waals surface area contributed by atoms with E-state index in [4.69, 9.17) is 0 Å². The molecule has 0 unspecified atom stereocenters. The highest BCUT2D eigenvalue weighted by atomic mass is 32.2. The molecule has 0 atom stereocenters. The Morgan fingerprint density at radius 1 is 0.969 bits per heavy atom. The highest BCUT2D eigenvalue weighted by Gasteiger charge is 2.32. The summed E-state index contributed by atoms with van der Waals surface area (Å²) in [5.41, 5.74) is 1.04. The van der Waals surface area contributed by atoms with Gasteiger partial charge in [-0.25, -0.2) is 13.4 Å². The van der Waals surface area contributed by atoms with Gasteiger partial charge in [0.1, 0.15) is 5.65 Å². The minimum absolute atomic E-state index is 0.168. The molecule has 0 spiro atoms. The minimum atomic E-state index is -4.65. The van der Waals surface area contributed by atoms with Crippen LogP contribution in [0.15, 0.2) is 89.0 Å². The summed E-state index contributed by atoms with van der Waals surface area (Å²) in [5, 5.41) is 0. The van der Waals surface area contributed by atoms with Crippen molar-refractivity contribution in [3.05, 3.63) is 95.9 Å². The molecule has 0 amide bonds. The molecule has 2 aromatic carbocycles. The number of carbonyl (C=O) groups excluding carboxylic acids is 1. The molecule has 4 aromatic rings. The van der Waals surface area contributed by atoms with Crippen molar-refractivity contribution in [3.8, 4) is 0 Å². The quantitative estimate of drug-likeness (QED) is 0.381. The number of aromatic nitrogens is 2. The van der Waals surface area contributed by atoms with Gasteiger partial charge in [-0.15, -0.1) is 0 Å². The van der Waals surface area contributed by atoms with Crippen molar-refractivity contribution in [1.29, 1.82) is 0 Å². The highest BCUT2D eigenvalue weighted by molar-refractivity contribution is 7.91. The van der Waals surface area contributed by atoms with E-state index in [1.807, 2.05) is 28.9 Å². The molecule has 0 fully saturated rings. The van der Waals surface area contributed by atoms with Crippen molar-refractivity contribution in [1.82, 2.24) is 9.38 Å². The Morgan fingerprint density at radius 3 is 2.44 bits per heavy atom. The monoisotopic (exact) mass is 458 g/mol. The van der Waals surface area contributed by atoms with Crippen molar-refractivity contribution in [2.45, 2.75) is 28.8 Å². The third kappa shape index (κ3) is 4.43. The summed E-state index contributed by atoms with van der Waals surface area (Å²) in [6, 6.07) is 12.5. The summed E-state index contributed by atoms with van der Waals surface area (Å²) in [5.74, 6) is -0.168. The van der Waals surface area contributed by atoms with Gasteiger partial charge >= 0.3 is 6.18 Å². The Morgan fingerprint density at radius 2 is 1.72 bits per heavy atom. The lowest BCUT2D eigenvalue weighted by molar-refractivity contribution is -0.137. The number of benzene rings is 2. The number of rotatable bonds is 6. The number of hydrogen-bond acceptors (Lipinski definition) is 4. The average molecular weight is 458 g/mol. The second kappa shape index (κ2) is 8.23. The maximum absolute atomic E-state index is 12.9. The third-order valence-corrected chi connectivity index (χ3v) is 6.82. The van der Waals surface area contributed by atoms with Gasteiger partial charge in [-0.1, -0.05) is 24.3 Å². The number of imidazole rings is 1. The molecule has 0 saturated heterocycles. The molecule has 2 heterocycles. The summed E-state index contributed by atoms with van der Waals surface area (Å²) >= 11 is 0. The van der Waals surface area contributed by atoms with Crippen LogP contribution in [-0.4, -0.2) is 23.6 Å². The first-order valence-electron chi connectivity index (χ1n) is 9.62. The number of Topliss-reactive ketones (excluding diaryl/α,β-unsaturated/α-hetero) is 1. The lowest BCUT2D eigenvalue weighted by Crippen LogP contribution is -2.08. The number of pyridine rings is 1. The number of hydrogen-bond donors (Lipinski definition) is 0. The largest absolute Gasteiger partial charge is 0.416 e. The zero-order chi connectivity index (χ0) is 22.9. The van der Waals surface area contributed by atoms with Gasteiger partial charge < -0.3 is 4.40 Å². The molecular formula is C23H17F3N2O3S. The maximum Gasteiger partial charge on any atom is 0.416 e. The van der Waals surface area contributed by atoms with Gasteiger partial charge in [0.05, 0.1) is 15.4 Å². The molecule has 0 aliphatic heterocycles. The fourth-order valence-corrected chi connectivity index (χ4v) is 4.62. The fourth-order valence-electron chi connectivity index (χ4n) is 3.31. The Balaban J connectivity index is 1.48. The van der Waals surface area contributed by atoms with E-state index in [-0.39, 0.29) is 17.1 Å². The van der Waals surface area contributed by atoms with E-state index in [1.165, 1.54) is 24.3 Å². The van der Waals surface area contributed by atoms with Gasteiger partial charge in [0.15, 0.2) is 5.78 Å². The van der Waals surface area contributed by atoms with Crippen LogP contribution in [0.3, 0.4) is 0 Å². The summed E-state index contributed by atoms with van der Waals surface area (Å²) in [6.45, 7) is 0. The molecule has 9 heteroatoms. The number of aryl methyl sites for hydroxylation is 1. The number of carbonyl (C=O) groups is 1.